The van der Waals surface area contributed by atoms with Crippen LogP contribution in [0.25, 0.3) is 0 Å². The molecule has 0 aliphatic heterocycles. The molecular formula is C29H33FN2O3S. The first kappa shape index (κ1) is 27.3. The highest BCUT2D eigenvalue weighted by atomic mass is 32.2. The van der Waals surface area contributed by atoms with Crippen LogP contribution in [0.4, 0.5) is 4.39 Å². The molecule has 5 nitrogen and oxygen atoms in total. The van der Waals surface area contributed by atoms with Gasteiger partial charge in [0.1, 0.15) is 17.6 Å². The van der Waals surface area contributed by atoms with E-state index in [2.05, 4.69) is 5.32 Å². The number of nitrogens with one attached hydrogen (secondary N) is 1. The van der Waals surface area contributed by atoms with Gasteiger partial charge in [0.15, 0.2) is 0 Å². The molecule has 0 aliphatic carbocycles. The van der Waals surface area contributed by atoms with Crippen LogP contribution in [0.3, 0.4) is 0 Å². The van der Waals surface area contributed by atoms with Crippen molar-refractivity contribution in [3.8, 4) is 5.75 Å². The minimum absolute atomic E-state index is 0.0580. The van der Waals surface area contributed by atoms with Crippen LogP contribution in [-0.2, 0) is 28.3 Å². The molecule has 36 heavy (non-hydrogen) atoms. The SMILES string of the molecule is COc1cccc(CN(C(=O)CSCc2ccc(F)cc2)[C@@H](Cc2ccccc2)C(=O)NC(C)C)c1. The molecule has 3 aromatic carbocycles. The number of benzene rings is 3. The van der Waals surface area contributed by atoms with Crippen molar-refractivity contribution in [2.24, 2.45) is 0 Å². The monoisotopic (exact) mass is 508 g/mol. The zero-order valence-corrected chi connectivity index (χ0v) is 21.8. The first-order valence-corrected chi connectivity index (χ1v) is 13.1. The molecule has 0 bridgehead atoms. The van der Waals surface area contributed by atoms with Gasteiger partial charge in [0.2, 0.25) is 11.8 Å². The second-order valence-electron chi connectivity index (χ2n) is 8.86. The minimum Gasteiger partial charge on any atom is -0.497 e. The maximum atomic E-state index is 13.6. The predicted octanol–water partition coefficient (Wildman–Crippen LogP) is 5.23. The van der Waals surface area contributed by atoms with Crippen LogP contribution in [-0.4, -0.2) is 41.7 Å². The maximum Gasteiger partial charge on any atom is 0.243 e. The minimum atomic E-state index is -0.681. The summed E-state index contributed by atoms with van der Waals surface area (Å²) in [6.45, 7) is 4.09. The van der Waals surface area contributed by atoms with Gasteiger partial charge >= 0.3 is 0 Å². The van der Waals surface area contributed by atoms with Crippen LogP contribution < -0.4 is 10.1 Å². The summed E-state index contributed by atoms with van der Waals surface area (Å²) in [5.74, 6) is 0.849. The molecule has 190 valence electrons. The number of nitrogens with zero attached hydrogens (tertiary/aromatic N) is 1. The van der Waals surface area contributed by atoms with Gasteiger partial charge in [-0.05, 0) is 54.8 Å². The maximum absolute atomic E-state index is 13.6. The van der Waals surface area contributed by atoms with Gasteiger partial charge in [-0.2, -0.15) is 0 Å². The standard InChI is InChI=1S/C29H33FN2O3S/c1-21(2)31-29(34)27(17-22-8-5-4-6-9-22)32(18-24-10-7-11-26(16-24)35-3)28(33)20-36-19-23-12-14-25(30)15-13-23/h4-16,21,27H,17-20H2,1-3H3,(H,31,34)/t27-/m0/s1. The Labute approximate surface area is 217 Å². The number of halogens is 1. The van der Waals surface area contributed by atoms with Gasteiger partial charge in [-0.1, -0.05) is 54.6 Å². The topological polar surface area (TPSA) is 58.6 Å². The Morgan fingerprint density at radius 3 is 2.31 bits per heavy atom. The third-order valence-corrected chi connectivity index (χ3v) is 6.59. The number of carbonyl (C=O) groups is 2. The lowest BCUT2D eigenvalue weighted by Gasteiger charge is -2.32. The lowest BCUT2D eigenvalue weighted by atomic mass is 10.0. The molecule has 0 aromatic heterocycles. The highest BCUT2D eigenvalue weighted by Crippen LogP contribution is 2.21. The van der Waals surface area contributed by atoms with Crippen LogP contribution >= 0.6 is 11.8 Å². The van der Waals surface area contributed by atoms with Crippen LogP contribution in [0.15, 0.2) is 78.9 Å². The fraction of sp³-hybridized carbons (Fsp3) is 0.310. The fourth-order valence-corrected chi connectivity index (χ4v) is 4.69. The molecule has 0 heterocycles. The van der Waals surface area contributed by atoms with Crippen molar-refractivity contribution in [3.63, 3.8) is 0 Å². The molecule has 0 unspecified atom stereocenters. The van der Waals surface area contributed by atoms with Crippen LogP contribution in [0.2, 0.25) is 0 Å². The summed E-state index contributed by atoms with van der Waals surface area (Å²) in [7, 11) is 1.60. The van der Waals surface area contributed by atoms with Crippen molar-refractivity contribution in [1.29, 1.82) is 0 Å². The van der Waals surface area contributed by atoms with Crippen LogP contribution in [0.1, 0.15) is 30.5 Å². The van der Waals surface area contributed by atoms with Crippen LogP contribution in [0.5, 0.6) is 5.75 Å². The normalized spacial score (nSPS) is 11.7. The van der Waals surface area contributed by atoms with E-state index in [1.54, 1.807) is 24.1 Å². The molecule has 0 saturated heterocycles. The Bertz CT molecular complexity index is 1120. The number of methoxy groups -OCH3 is 1. The Balaban J connectivity index is 1.85. The number of amides is 2. The highest BCUT2D eigenvalue weighted by Gasteiger charge is 2.30. The molecule has 2 amide bonds. The number of ether oxygens (including phenoxy) is 1. The van der Waals surface area contributed by atoms with Gasteiger partial charge in [-0.3, -0.25) is 9.59 Å². The van der Waals surface area contributed by atoms with Crippen molar-refractivity contribution >= 4 is 23.6 Å². The van der Waals surface area contributed by atoms with E-state index in [0.717, 1.165) is 16.7 Å². The first-order valence-electron chi connectivity index (χ1n) is 11.9. The van der Waals surface area contributed by atoms with Crippen molar-refractivity contribution < 1.29 is 18.7 Å². The second kappa shape index (κ2) is 13.7. The van der Waals surface area contributed by atoms with E-state index in [0.29, 0.717) is 17.9 Å². The molecule has 0 saturated carbocycles. The van der Waals surface area contributed by atoms with E-state index in [1.807, 2.05) is 68.4 Å². The van der Waals surface area contributed by atoms with Gasteiger partial charge in [0.05, 0.1) is 12.9 Å². The summed E-state index contributed by atoms with van der Waals surface area (Å²) < 4.78 is 18.6. The Hall–Kier alpha value is -3.32. The number of hydrogen-bond acceptors (Lipinski definition) is 4. The van der Waals surface area contributed by atoms with E-state index < -0.39 is 6.04 Å². The first-order chi connectivity index (χ1) is 17.4. The number of thioether (sulfide) groups is 1. The molecule has 3 aromatic rings. The Morgan fingerprint density at radius 2 is 1.64 bits per heavy atom. The van der Waals surface area contributed by atoms with Gasteiger partial charge in [0, 0.05) is 24.8 Å². The molecule has 7 heteroatoms. The molecule has 0 spiro atoms. The smallest absolute Gasteiger partial charge is 0.243 e. The Kier molecular flexibility index (Phi) is 10.4. The van der Waals surface area contributed by atoms with Crippen LogP contribution in [0, 0.1) is 5.82 Å². The molecule has 0 fully saturated rings. The summed E-state index contributed by atoms with van der Waals surface area (Å²) in [5, 5.41) is 2.99. The third-order valence-electron chi connectivity index (χ3n) is 5.60. The van der Waals surface area contributed by atoms with E-state index >= 15 is 0 Å². The third kappa shape index (κ3) is 8.41. The van der Waals surface area contributed by atoms with Crippen molar-refractivity contribution in [3.05, 3.63) is 101 Å². The molecular weight excluding hydrogens is 475 g/mol. The van der Waals surface area contributed by atoms with Crippen molar-refractivity contribution in [2.45, 2.75) is 44.6 Å². The quantitative estimate of drug-likeness (QED) is 0.364. The largest absolute Gasteiger partial charge is 0.497 e. The van der Waals surface area contributed by atoms with Crippen molar-refractivity contribution in [1.82, 2.24) is 10.2 Å². The van der Waals surface area contributed by atoms with Gasteiger partial charge in [-0.15, -0.1) is 11.8 Å². The lowest BCUT2D eigenvalue weighted by Crippen LogP contribution is -2.52. The number of carbonyl (C=O) groups excluding carboxylic acids is 2. The van der Waals surface area contributed by atoms with E-state index in [-0.39, 0.29) is 36.0 Å². The molecule has 1 atom stereocenters. The lowest BCUT2D eigenvalue weighted by molar-refractivity contribution is -0.139. The van der Waals surface area contributed by atoms with Crippen molar-refractivity contribution in [2.75, 3.05) is 12.9 Å². The number of hydrogen-bond donors (Lipinski definition) is 1. The van der Waals surface area contributed by atoms with Gasteiger partial charge < -0.3 is 15.0 Å². The average molecular weight is 509 g/mol. The highest BCUT2D eigenvalue weighted by molar-refractivity contribution is 7.99. The van der Waals surface area contributed by atoms with E-state index in [1.165, 1.54) is 23.9 Å². The molecule has 0 radical (unpaired) electrons. The summed E-state index contributed by atoms with van der Waals surface area (Å²) in [6.07, 6.45) is 0.401. The Morgan fingerprint density at radius 1 is 0.944 bits per heavy atom. The zero-order valence-electron chi connectivity index (χ0n) is 20.9. The predicted molar refractivity (Wildman–Crippen MR) is 143 cm³/mol. The summed E-state index contributed by atoms with van der Waals surface area (Å²) in [4.78, 5) is 28.6. The van der Waals surface area contributed by atoms with E-state index in [4.69, 9.17) is 4.74 Å². The fourth-order valence-electron chi connectivity index (χ4n) is 3.82. The van der Waals surface area contributed by atoms with Gasteiger partial charge in [0.25, 0.3) is 0 Å². The molecule has 3 rings (SSSR count). The summed E-state index contributed by atoms with van der Waals surface area (Å²) >= 11 is 1.45. The molecule has 1 N–H and O–H groups in total. The zero-order chi connectivity index (χ0) is 25.9. The van der Waals surface area contributed by atoms with Gasteiger partial charge in [-0.25, -0.2) is 4.39 Å². The second-order valence-corrected chi connectivity index (χ2v) is 9.85. The number of rotatable bonds is 12. The summed E-state index contributed by atoms with van der Waals surface area (Å²) in [6, 6.07) is 22.8. The van der Waals surface area contributed by atoms with E-state index in [9.17, 15) is 14.0 Å². The average Bonchev–Trinajstić information content (AvgIpc) is 2.87. The molecule has 0 aliphatic rings. The summed E-state index contributed by atoms with van der Waals surface area (Å²) in [5.41, 5.74) is 2.79.